The van der Waals surface area contributed by atoms with Crippen molar-refractivity contribution in [1.82, 2.24) is 4.90 Å². The molecule has 4 atom stereocenters. The molecule has 5 aliphatic rings. The zero-order valence-electron chi connectivity index (χ0n) is 19.0. The van der Waals surface area contributed by atoms with Crippen LogP contribution in [0.4, 0.5) is 5.69 Å². The van der Waals surface area contributed by atoms with Gasteiger partial charge in [-0.1, -0.05) is 45.9 Å². The molecule has 32 heavy (non-hydrogen) atoms. The Hall–Kier alpha value is -0.930. The fraction of sp³-hybridized carbons (Fsp3) is 0.444. The number of hydrogen-bond donors (Lipinski definition) is 0. The summed E-state index contributed by atoms with van der Waals surface area (Å²) in [6, 6.07) is 12.2. The van der Waals surface area contributed by atoms with Crippen LogP contribution >= 0.6 is 35.4 Å². The summed E-state index contributed by atoms with van der Waals surface area (Å²) in [6.45, 7) is 10.6. The number of ether oxygens (including phenoxy) is 1. The van der Waals surface area contributed by atoms with E-state index in [1.54, 1.807) is 5.56 Å². The van der Waals surface area contributed by atoms with Crippen molar-refractivity contribution < 1.29 is 4.74 Å². The van der Waals surface area contributed by atoms with Gasteiger partial charge in [-0.05, 0) is 93.7 Å². The molecule has 0 bridgehead atoms. The summed E-state index contributed by atoms with van der Waals surface area (Å²) in [6.07, 6.45) is 7.87. The maximum atomic E-state index is 5.60. The maximum absolute atomic E-state index is 5.60. The van der Waals surface area contributed by atoms with Gasteiger partial charge in [0.05, 0.1) is 6.61 Å². The molecule has 3 aliphatic heterocycles. The van der Waals surface area contributed by atoms with Gasteiger partial charge in [0.25, 0.3) is 0 Å². The summed E-state index contributed by atoms with van der Waals surface area (Å²) < 4.78 is 8.06. The average Bonchev–Trinajstić information content (AvgIpc) is 3.67. The van der Waals surface area contributed by atoms with Crippen molar-refractivity contribution in [2.45, 2.75) is 63.6 Å². The van der Waals surface area contributed by atoms with E-state index in [0.29, 0.717) is 17.7 Å². The zero-order valence-corrected chi connectivity index (χ0v) is 23.3. The second-order valence-corrected chi connectivity index (χ2v) is 15.1. The minimum absolute atomic E-state index is 0.00665. The van der Waals surface area contributed by atoms with E-state index in [1.165, 1.54) is 46.3 Å². The molecular weight excluding hydrogens is 622 g/mol. The SMILES string of the molecule is CCC12C[C@]1(C)[C@@H]1N(C=II)C=CN1c1cc3c(cc12)-c1ccc(C2CO2)cc1C3(C)C. The van der Waals surface area contributed by atoms with Crippen molar-refractivity contribution in [1.29, 1.82) is 0 Å². The largest absolute Gasteiger partial charge is 0.368 e. The molecule has 2 unspecified atom stereocenters. The van der Waals surface area contributed by atoms with Gasteiger partial charge in [-0.2, -0.15) is 0 Å². The topological polar surface area (TPSA) is 19.0 Å². The zero-order chi connectivity index (χ0) is 22.0. The Morgan fingerprint density at radius 3 is 2.59 bits per heavy atom. The van der Waals surface area contributed by atoms with Gasteiger partial charge in [0, 0.05) is 38.5 Å². The van der Waals surface area contributed by atoms with Crippen LogP contribution in [0.2, 0.25) is 0 Å². The first kappa shape index (κ1) is 20.4. The van der Waals surface area contributed by atoms with E-state index in [0.717, 1.165) is 6.61 Å². The summed E-state index contributed by atoms with van der Waals surface area (Å²) in [7, 11) is 0. The van der Waals surface area contributed by atoms with Gasteiger partial charge >= 0.3 is 0 Å². The van der Waals surface area contributed by atoms with Crippen molar-refractivity contribution in [3.8, 4) is 11.1 Å². The molecule has 2 aliphatic carbocycles. The minimum atomic E-state index is 0.00665. The van der Waals surface area contributed by atoms with Gasteiger partial charge < -0.3 is 14.5 Å². The third-order valence-electron chi connectivity index (χ3n) is 9.22. The van der Waals surface area contributed by atoms with Crippen LogP contribution in [0.5, 0.6) is 0 Å². The summed E-state index contributed by atoms with van der Waals surface area (Å²) in [5.74, 6) is 0. The number of halogens is 2. The van der Waals surface area contributed by atoms with Crippen LogP contribution in [0, 0.1) is 5.41 Å². The Morgan fingerprint density at radius 2 is 1.88 bits per heavy atom. The highest BCUT2D eigenvalue weighted by atomic mass is 128. The standard InChI is InChI=1S/C27H28I2N2O/c1-5-27-14-26(27,4)24-30(15-29-28)8-9-31(24)22-12-20-18(11-21(22)27)17-7-6-16(23-13-32-23)10-19(17)25(20,2)3/h6-12,15,23-24H,5,13-14H2,1-4H3/t23?,24-,26-,27?/m1/s1. The molecule has 2 fully saturated rings. The Balaban J connectivity index is 1.45. The van der Waals surface area contributed by atoms with Gasteiger partial charge in [-0.15, -0.1) is 0 Å². The third-order valence-corrected chi connectivity index (χ3v) is 11.5. The second kappa shape index (κ2) is 6.39. The monoisotopic (exact) mass is 650 g/mol. The molecule has 7 rings (SSSR count). The summed E-state index contributed by atoms with van der Waals surface area (Å²) in [5, 5.41) is 0. The van der Waals surface area contributed by atoms with E-state index < -0.39 is 0 Å². The Kier molecular flexibility index (Phi) is 4.08. The lowest BCUT2D eigenvalue weighted by Crippen LogP contribution is -2.50. The van der Waals surface area contributed by atoms with E-state index in [2.05, 4.69) is 103 Å². The smallest absolute Gasteiger partial charge is 0.116 e. The maximum Gasteiger partial charge on any atom is 0.116 e. The summed E-state index contributed by atoms with van der Waals surface area (Å²) in [4.78, 5) is 5.11. The quantitative estimate of drug-likeness (QED) is 0.260. The van der Waals surface area contributed by atoms with Gasteiger partial charge in [0.15, 0.2) is 0 Å². The van der Waals surface area contributed by atoms with Gasteiger partial charge in [0.2, 0.25) is 0 Å². The van der Waals surface area contributed by atoms with Crippen LogP contribution in [0.25, 0.3) is 11.1 Å². The van der Waals surface area contributed by atoms with Crippen molar-refractivity contribution >= 4 is 45.2 Å². The van der Waals surface area contributed by atoms with Crippen molar-refractivity contribution in [2.24, 2.45) is 5.41 Å². The second-order valence-electron chi connectivity index (χ2n) is 10.9. The average molecular weight is 650 g/mol. The van der Waals surface area contributed by atoms with E-state index in [4.69, 9.17) is 4.74 Å². The molecule has 0 radical (unpaired) electrons. The Morgan fingerprint density at radius 1 is 1.09 bits per heavy atom. The van der Waals surface area contributed by atoms with Gasteiger partial charge in [-0.3, -0.25) is 0 Å². The normalized spacial score (nSPS) is 34.5. The third kappa shape index (κ3) is 2.33. The van der Waals surface area contributed by atoms with Crippen LogP contribution in [0.15, 0.2) is 42.7 Å². The molecule has 0 amide bonds. The fourth-order valence-electron chi connectivity index (χ4n) is 7.30. The van der Waals surface area contributed by atoms with Gasteiger partial charge in [-0.25, -0.2) is 0 Å². The molecule has 2 aromatic carbocycles. The number of hydrogen-bond acceptors (Lipinski definition) is 3. The molecular formula is C27H28I2N2O. The molecule has 3 heterocycles. The molecule has 0 spiro atoms. The molecule has 0 N–H and O–H groups in total. The molecule has 1 saturated carbocycles. The number of benzene rings is 2. The molecule has 1 saturated heterocycles. The van der Waals surface area contributed by atoms with E-state index in [1.807, 2.05) is 0 Å². The molecule has 0 aromatic heterocycles. The molecule has 166 valence electrons. The van der Waals surface area contributed by atoms with E-state index >= 15 is 0 Å². The van der Waals surface area contributed by atoms with Crippen LogP contribution in [-0.2, 0) is 15.6 Å². The number of fused-ring (bicyclic) bond motifs is 9. The van der Waals surface area contributed by atoms with Crippen LogP contribution in [0.3, 0.4) is 0 Å². The summed E-state index contributed by atoms with van der Waals surface area (Å²) >= 11 is 2.64. The van der Waals surface area contributed by atoms with E-state index in [-0.39, 0.29) is 27.6 Å². The first-order valence-electron chi connectivity index (χ1n) is 11.6. The van der Waals surface area contributed by atoms with Gasteiger partial charge in [0.1, 0.15) is 12.3 Å². The minimum Gasteiger partial charge on any atom is -0.368 e. The summed E-state index contributed by atoms with van der Waals surface area (Å²) in [5.41, 5.74) is 10.8. The molecule has 3 nitrogen and oxygen atoms in total. The lowest BCUT2D eigenvalue weighted by atomic mass is 9.75. The van der Waals surface area contributed by atoms with Crippen LogP contribution in [0.1, 0.15) is 68.9 Å². The van der Waals surface area contributed by atoms with Crippen molar-refractivity contribution in [3.63, 3.8) is 0 Å². The highest BCUT2D eigenvalue weighted by molar-refractivity contribution is 15.0. The van der Waals surface area contributed by atoms with E-state index in [9.17, 15) is 0 Å². The first-order valence-corrected chi connectivity index (χ1v) is 19.2. The Labute approximate surface area is 210 Å². The Bertz CT molecular complexity index is 1250. The lowest BCUT2D eigenvalue weighted by molar-refractivity contribution is 0.255. The predicted octanol–water partition coefficient (Wildman–Crippen LogP) is 7.14. The fourth-order valence-corrected chi connectivity index (χ4v) is 9.66. The number of anilines is 1. The molecule has 2 aromatic rings. The van der Waals surface area contributed by atoms with Crippen molar-refractivity contribution in [2.75, 3.05) is 11.5 Å². The number of nitrogens with zero attached hydrogens (tertiary/aromatic N) is 2. The lowest BCUT2D eigenvalue weighted by Gasteiger charge is -2.45. The molecule has 5 heteroatoms. The highest BCUT2D eigenvalue weighted by Crippen LogP contribution is 2.74. The number of epoxide rings is 1. The highest BCUT2D eigenvalue weighted by Gasteiger charge is 2.73. The number of rotatable bonds is 3. The van der Waals surface area contributed by atoms with Crippen molar-refractivity contribution in [3.05, 3.63) is 65.0 Å². The predicted molar refractivity (Wildman–Crippen MR) is 149 cm³/mol. The van der Waals surface area contributed by atoms with Crippen LogP contribution < -0.4 is 4.90 Å². The first-order chi connectivity index (χ1) is 15.4. The van der Waals surface area contributed by atoms with Crippen LogP contribution in [-0.4, -0.2) is 21.8 Å².